The van der Waals surface area contributed by atoms with Crippen LogP contribution in [-0.2, 0) is 0 Å². The quantitative estimate of drug-likeness (QED) is 0.797. The van der Waals surface area contributed by atoms with Crippen LogP contribution in [0.3, 0.4) is 0 Å². The molecule has 3 nitrogen and oxygen atoms in total. The summed E-state index contributed by atoms with van der Waals surface area (Å²) < 4.78 is 0. The average molecular weight is 237 g/mol. The number of nitrogens with zero attached hydrogens (tertiary/aromatic N) is 2. The Balaban J connectivity index is 2.83. The van der Waals surface area contributed by atoms with Gasteiger partial charge in [-0.15, -0.1) is 0 Å². The Morgan fingerprint density at radius 2 is 2.31 bits per heavy atom. The number of anilines is 1. The highest BCUT2D eigenvalue weighted by Gasteiger charge is 2.13. The first-order valence-corrected chi connectivity index (χ1v) is 5.93. The van der Waals surface area contributed by atoms with Gasteiger partial charge in [0.1, 0.15) is 5.82 Å². The predicted octanol–water partition coefficient (Wildman–Crippen LogP) is 2.14. The van der Waals surface area contributed by atoms with Gasteiger partial charge in [-0.3, -0.25) is 0 Å². The molecule has 0 aliphatic heterocycles. The van der Waals surface area contributed by atoms with Crippen molar-refractivity contribution in [2.75, 3.05) is 18.0 Å². The van der Waals surface area contributed by atoms with Crippen LogP contribution in [0.15, 0.2) is 18.3 Å². The number of pyridine rings is 1. The molecule has 0 radical (unpaired) electrons. The standard InChI is InChI=1S/C12H19N3S/c1-4-15(8-10(3)11(13)16)12-9(2)6-5-7-14-12/h5-7,10H,4,8H2,1-3H3,(H2,13,16). The van der Waals surface area contributed by atoms with E-state index in [-0.39, 0.29) is 5.92 Å². The summed E-state index contributed by atoms with van der Waals surface area (Å²) in [6, 6.07) is 4.01. The van der Waals surface area contributed by atoms with E-state index in [0.29, 0.717) is 4.99 Å². The van der Waals surface area contributed by atoms with Gasteiger partial charge in [0.2, 0.25) is 0 Å². The molecule has 4 heteroatoms. The Bertz CT molecular complexity index is 365. The fraction of sp³-hybridized carbons (Fsp3) is 0.500. The molecule has 2 N–H and O–H groups in total. The SMILES string of the molecule is CCN(CC(C)C(N)=S)c1ncccc1C. The van der Waals surface area contributed by atoms with E-state index < -0.39 is 0 Å². The second-order valence-electron chi connectivity index (χ2n) is 3.99. The molecule has 1 aromatic heterocycles. The van der Waals surface area contributed by atoms with Crippen molar-refractivity contribution in [3.63, 3.8) is 0 Å². The zero-order valence-corrected chi connectivity index (χ0v) is 10.9. The molecule has 88 valence electrons. The molecule has 0 amide bonds. The molecule has 1 unspecified atom stereocenters. The van der Waals surface area contributed by atoms with Crippen molar-refractivity contribution in [3.05, 3.63) is 23.9 Å². The van der Waals surface area contributed by atoms with E-state index in [0.717, 1.165) is 18.9 Å². The third-order valence-corrected chi connectivity index (χ3v) is 3.05. The summed E-state index contributed by atoms with van der Waals surface area (Å²) in [6.45, 7) is 7.95. The third-order valence-electron chi connectivity index (χ3n) is 2.64. The molecule has 0 aliphatic carbocycles. The molecule has 0 spiro atoms. The van der Waals surface area contributed by atoms with Crippen molar-refractivity contribution < 1.29 is 0 Å². The maximum Gasteiger partial charge on any atom is 0.131 e. The third kappa shape index (κ3) is 3.17. The Morgan fingerprint density at radius 1 is 1.62 bits per heavy atom. The molecule has 0 saturated heterocycles. The molecule has 0 fully saturated rings. The van der Waals surface area contributed by atoms with E-state index in [9.17, 15) is 0 Å². The van der Waals surface area contributed by atoms with Gasteiger partial charge in [-0.25, -0.2) is 4.98 Å². The van der Waals surface area contributed by atoms with Crippen LogP contribution in [0.25, 0.3) is 0 Å². The lowest BCUT2D eigenvalue weighted by molar-refractivity contribution is 0.698. The Morgan fingerprint density at radius 3 is 2.81 bits per heavy atom. The average Bonchev–Trinajstić information content (AvgIpc) is 2.26. The first kappa shape index (κ1) is 12.9. The molecule has 1 heterocycles. The Kier molecular flexibility index (Phi) is 4.68. The van der Waals surface area contributed by atoms with Crippen LogP contribution in [0.2, 0.25) is 0 Å². The monoisotopic (exact) mass is 237 g/mol. The molecule has 0 aromatic carbocycles. The van der Waals surface area contributed by atoms with Crippen LogP contribution in [0.4, 0.5) is 5.82 Å². The summed E-state index contributed by atoms with van der Waals surface area (Å²) in [5, 5.41) is 0. The van der Waals surface area contributed by atoms with Crippen molar-refractivity contribution in [2.45, 2.75) is 20.8 Å². The first-order valence-electron chi connectivity index (χ1n) is 5.52. The predicted molar refractivity (Wildman–Crippen MR) is 72.8 cm³/mol. The van der Waals surface area contributed by atoms with Crippen molar-refractivity contribution in [2.24, 2.45) is 11.7 Å². The lowest BCUT2D eigenvalue weighted by atomic mass is 10.1. The minimum Gasteiger partial charge on any atom is -0.393 e. The maximum absolute atomic E-state index is 5.64. The van der Waals surface area contributed by atoms with Gasteiger partial charge in [-0.05, 0) is 25.5 Å². The highest BCUT2D eigenvalue weighted by Crippen LogP contribution is 2.17. The maximum atomic E-state index is 5.64. The minimum atomic E-state index is 0.205. The van der Waals surface area contributed by atoms with Crippen molar-refractivity contribution in [3.8, 4) is 0 Å². The highest BCUT2D eigenvalue weighted by atomic mass is 32.1. The van der Waals surface area contributed by atoms with Gasteiger partial charge in [0.25, 0.3) is 0 Å². The molecule has 0 saturated carbocycles. The second-order valence-corrected chi connectivity index (χ2v) is 4.46. The number of hydrogen-bond acceptors (Lipinski definition) is 3. The van der Waals surface area contributed by atoms with E-state index >= 15 is 0 Å². The van der Waals surface area contributed by atoms with E-state index in [1.165, 1.54) is 5.56 Å². The number of thiocarbonyl (C=S) groups is 1. The number of aromatic nitrogens is 1. The van der Waals surface area contributed by atoms with Gasteiger partial charge in [0, 0.05) is 25.2 Å². The van der Waals surface area contributed by atoms with Gasteiger partial charge in [-0.1, -0.05) is 25.2 Å². The van der Waals surface area contributed by atoms with Crippen molar-refractivity contribution in [1.82, 2.24) is 4.98 Å². The van der Waals surface area contributed by atoms with Crippen LogP contribution in [0.5, 0.6) is 0 Å². The van der Waals surface area contributed by atoms with Crippen LogP contribution in [0, 0.1) is 12.8 Å². The van der Waals surface area contributed by atoms with Crippen LogP contribution >= 0.6 is 12.2 Å². The highest BCUT2D eigenvalue weighted by molar-refractivity contribution is 7.80. The molecule has 0 aliphatic rings. The second kappa shape index (κ2) is 5.80. The Labute approximate surface area is 103 Å². The summed E-state index contributed by atoms with van der Waals surface area (Å²) in [5.74, 6) is 1.23. The summed E-state index contributed by atoms with van der Waals surface area (Å²) in [6.07, 6.45) is 1.82. The number of hydrogen-bond donors (Lipinski definition) is 1. The molecule has 1 atom stereocenters. The molecular weight excluding hydrogens is 218 g/mol. The first-order chi connectivity index (χ1) is 7.56. The van der Waals surface area contributed by atoms with E-state index in [1.54, 1.807) is 0 Å². The Hall–Kier alpha value is -1.16. The van der Waals surface area contributed by atoms with E-state index in [1.807, 2.05) is 19.2 Å². The summed E-state index contributed by atoms with van der Waals surface area (Å²) >= 11 is 5.00. The van der Waals surface area contributed by atoms with E-state index in [2.05, 4.69) is 29.8 Å². The lowest BCUT2D eigenvalue weighted by Gasteiger charge is -2.26. The zero-order valence-electron chi connectivity index (χ0n) is 10.1. The summed E-state index contributed by atoms with van der Waals surface area (Å²) in [5.41, 5.74) is 6.82. The number of aryl methyl sites for hydroxylation is 1. The molecule has 0 bridgehead atoms. The fourth-order valence-corrected chi connectivity index (χ4v) is 1.67. The molecule has 1 rings (SSSR count). The number of rotatable bonds is 5. The van der Waals surface area contributed by atoms with Gasteiger partial charge in [0.05, 0.1) is 4.99 Å². The fourth-order valence-electron chi connectivity index (χ4n) is 1.59. The molecule has 1 aromatic rings. The molecular formula is C12H19N3S. The smallest absolute Gasteiger partial charge is 0.131 e. The van der Waals surface area contributed by atoms with Gasteiger partial charge < -0.3 is 10.6 Å². The summed E-state index contributed by atoms with van der Waals surface area (Å²) in [4.78, 5) is 7.17. The summed E-state index contributed by atoms with van der Waals surface area (Å²) in [7, 11) is 0. The molecule has 16 heavy (non-hydrogen) atoms. The van der Waals surface area contributed by atoms with Gasteiger partial charge in [0.15, 0.2) is 0 Å². The van der Waals surface area contributed by atoms with Crippen molar-refractivity contribution in [1.29, 1.82) is 0 Å². The topological polar surface area (TPSA) is 42.1 Å². The zero-order chi connectivity index (χ0) is 12.1. The lowest BCUT2D eigenvalue weighted by Crippen LogP contribution is -2.34. The van der Waals surface area contributed by atoms with Crippen molar-refractivity contribution >= 4 is 23.0 Å². The van der Waals surface area contributed by atoms with Crippen LogP contribution < -0.4 is 10.6 Å². The van der Waals surface area contributed by atoms with Gasteiger partial charge >= 0.3 is 0 Å². The minimum absolute atomic E-state index is 0.205. The largest absolute Gasteiger partial charge is 0.393 e. The van der Waals surface area contributed by atoms with E-state index in [4.69, 9.17) is 18.0 Å². The normalized spacial score (nSPS) is 12.2. The van der Waals surface area contributed by atoms with Gasteiger partial charge in [-0.2, -0.15) is 0 Å². The number of nitrogens with two attached hydrogens (primary N) is 1. The van der Waals surface area contributed by atoms with Crippen LogP contribution in [-0.4, -0.2) is 23.1 Å². The van der Waals surface area contributed by atoms with Crippen LogP contribution in [0.1, 0.15) is 19.4 Å².